The fourth-order valence-electron chi connectivity index (χ4n) is 2.03. The van der Waals surface area contributed by atoms with Gasteiger partial charge in [0.1, 0.15) is 5.69 Å². The molecule has 0 aliphatic carbocycles. The van der Waals surface area contributed by atoms with Gasteiger partial charge in [0, 0.05) is 18.8 Å². The summed E-state index contributed by atoms with van der Waals surface area (Å²) in [4.78, 5) is 18.2. The van der Waals surface area contributed by atoms with E-state index in [2.05, 4.69) is 4.98 Å². The molecule has 86 valence electrons. The number of pyridine rings is 1. The van der Waals surface area contributed by atoms with E-state index < -0.39 is 0 Å². The number of carbonyl (C=O) groups excluding carboxylic acids is 1. The van der Waals surface area contributed by atoms with E-state index in [0.29, 0.717) is 18.2 Å². The number of amides is 1. The molecule has 1 aliphatic heterocycles. The number of likely N-dealkylation sites (tertiary alicyclic amines) is 1. The maximum atomic E-state index is 12.1. The normalized spacial score (nSPS) is 20.1. The summed E-state index contributed by atoms with van der Waals surface area (Å²) in [5, 5.41) is 0. The van der Waals surface area contributed by atoms with E-state index in [1.165, 1.54) is 0 Å². The summed E-state index contributed by atoms with van der Waals surface area (Å²) >= 11 is 0. The van der Waals surface area contributed by atoms with Gasteiger partial charge in [-0.2, -0.15) is 0 Å². The van der Waals surface area contributed by atoms with Gasteiger partial charge in [-0.25, -0.2) is 4.98 Å². The molecule has 1 fully saturated rings. The van der Waals surface area contributed by atoms with Crippen LogP contribution in [0.25, 0.3) is 0 Å². The van der Waals surface area contributed by atoms with Gasteiger partial charge in [0.15, 0.2) is 0 Å². The van der Waals surface area contributed by atoms with Crippen LogP contribution in [0.15, 0.2) is 18.2 Å². The quantitative estimate of drug-likeness (QED) is 0.800. The van der Waals surface area contributed by atoms with Gasteiger partial charge in [0.05, 0.1) is 0 Å². The smallest absolute Gasteiger partial charge is 0.272 e. The van der Waals surface area contributed by atoms with Crippen molar-refractivity contribution in [1.29, 1.82) is 0 Å². The molecular formula is C12H17N3O. The van der Waals surface area contributed by atoms with Gasteiger partial charge in [-0.3, -0.25) is 4.79 Å². The molecule has 1 aliphatic rings. The topological polar surface area (TPSA) is 59.2 Å². The van der Waals surface area contributed by atoms with Gasteiger partial charge in [-0.15, -0.1) is 0 Å². The average Bonchev–Trinajstić information content (AvgIpc) is 2.76. The molecule has 1 unspecified atom stereocenters. The second kappa shape index (κ2) is 4.61. The molecule has 2 rings (SSSR count). The van der Waals surface area contributed by atoms with Crippen molar-refractivity contribution in [3.05, 3.63) is 29.6 Å². The van der Waals surface area contributed by atoms with E-state index >= 15 is 0 Å². The van der Waals surface area contributed by atoms with Crippen LogP contribution in [0.1, 0.15) is 22.6 Å². The van der Waals surface area contributed by atoms with Crippen LogP contribution in [0.2, 0.25) is 0 Å². The van der Waals surface area contributed by atoms with E-state index in [4.69, 9.17) is 5.73 Å². The Labute approximate surface area is 95.5 Å². The Bertz CT molecular complexity index is 392. The number of aryl methyl sites for hydroxylation is 1. The second-order valence-electron chi connectivity index (χ2n) is 4.31. The van der Waals surface area contributed by atoms with Gasteiger partial charge >= 0.3 is 0 Å². The highest BCUT2D eigenvalue weighted by molar-refractivity contribution is 5.92. The molecule has 0 aromatic carbocycles. The first-order chi connectivity index (χ1) is 7.70. The van der Waals surface area contributed by atoms with Gasteiger partial charge in [-0.05, 0) is 37.9 Å². The predicted molar refractivity (Wildman–Crippen MR) is 62.0 cm³/mol. The number of hydrogen-bond donors (Lipinski definition) is 1. The summed E-state index contributed by atoms with van der Waals surface area (Å²) in [6.07, 6.45) is 1.01. The summed E-state index contributed by atoms with van der Waals surface area (Å²) in [6, 6.07) is 5.53. The van der Waals surface area contributed by atoms with Crippen molar-refractivity contribution >= 4 is 5.91 Å². The summed E-state index contributed by atoms with van der Waals surface area (Å²) in [5.41, 5.74) is 7.02. The summed E-state index contributed by atoms with van der Waals surface area (Å²) in [5.74, 6) is 0.480. The molecule has 4 nitrogen and oxygen atoms in total. The van der Waals surface area contributed by atoms with E-state index in [1.54, 1.807) is 6.07 Å². The molecular weight excluding hydrogens is 202 g/mol. The van der Waals surface area contributed by atoms with E-state index in [9.17, 15) is 4.79 Å². The zero-order valence-electron chi connectivity index (χ0n) is 9.52. The molecule has 0 spiro atoms. The molecule has 16 heavy (non-hydrogen) atoms. The largest absolute Gasteiger partial charge is 0.337 e. The summed E-state index contributed by atoms with van der Waals surface area (Å²) in [7, 11) is 0. The van der Waals surface area contributed by atoms with Crippen molar-refractivity contribution in [2.45, 2.75) is 13.3 Å². The lowest BCUT2D eigenvalue weighted by Crippen LogP contribution is -2.30. The lowest BCUT2D eigenvalue weighted by molar-refractivity contribution is 0.0781. The molecule has 2 heterocycles. The van der Waals surface area contributed by atoms with Crippen LogP contribution in [0.5, 0.6) is 0 Å². The third-order valence-corrected chi connectivity index (χ3v) is 3.01. The van der Waals surface area contributed by atoms with Crippen LogP contribution < -0.4 is 5.73 Å². The van der Waals surface area contributed by atoms with Crippen molar-refractivity contribution in [3.63, 3.8) is 0 Å². The van der Waals surface area contributed by atoms with Gasteiger partial charge in [-0.1, -0.05) is 6.07 Å². The minimum absolute atomic E-state index is 0.0275. The van der Waals surface area contributed by atoms with Gasteiger partial charge in [0.25, 0.3) is 5.91 Å². The van der Waals surface area contributed by atoms with Gasteiger partial charge < -0.3 is 10.6 Å². The molecule has 0 bridgehead atoms. The maximum Gasteiger partial charge on any atom is 0.272 e. The predicted octanol–water partition coefficient (Wildman–Crippen LogP) is 0.811. The van der Waals surface area contributed by atoms with Crippen LogP contribution in [-0.2, 0) is 0 Å². The lowest BCUT2D eigenvalue weighted by Gasteiger charge is -2.15. The van der Waals surface area contributed by atoms with Crippen LogP contribution in [0.4, 0.5) is 0 Å². The van der Waals surface area contributed by atoms with Crippen LogP contribution in [-0.4, -0.2) is 35.4 Å². The SMILES string of the molecule is Cc1cccc(C(=O)N2CCC(CN)C2)n1. The standard InChI is InChI=1S/C12H17N3O/c1-9-3-2-4-11(14-9)12(16)15-6-5-10(7-13)8-15/h2-4,10H,5-8,13H2,1H3. The molecule has 1 amide bonds. The first-order valence-corrected chi connectivity index (χ1v) is 5.63. The molecule has 1 atom stereocenters. The van der Waals surface area contributed by atoms with Crippen molar-refractivity contribution in [2.24, 2.45) is 11.7 Å². The zero-order chi connectivity index (χ0) is 11.5. The Hall–Kier alpha value is -1.42. The van der Waals surface area contributed by atoms with Crippen molar-refractivity contribution in [3.8, 4) is 0 Å². The number of aromatic nitrogens is 1. The maximum absolute atomic E-state index is 12.1. The number of rotatable bonds is 2. The molecule has 0 radical (unpaired) electrons. The Morgan fingerprint density at radius 1 is 1.62 bits per heavy atom. The minimum Gasteiger partial charge on any atom is -0.337 e. The highest BCUT2D eigenvalue weighted by atomic mass is 16.2. The van der Waals surface area contributed by atoms with Gasteiger partial charge in [0.2, 0.25) is 0 Å². The lowest BCUT2D eigenvalue weighted by atomic mass is 10.1. The summed E-state index contributed by atoms with van der Waals surface area (Å²) < 4.78 is 0. The Balaban J connectivity index is 2.08. The third-order valence-electron chi connectivity index (χ3n) is 3.01. The molecule has 2 N–H and O–H groups in total. The van der Waals surface area contributed by atoms with Crippen LogP contribution in [0.3, 0.4) is 0 Å². The first kappa shape index (κ1) is 11.1. The monoisotopic (exact) mass is 219 g/mol. The average molecular weight is 219 g/mol. The number of nitrogens with zero attached hydrogens (tertiary/aromatic N) is 2. The Kier molecular flexibility index (Phi) is 3.19. The molecule has 1 aromatic rings. The zero-order valence-corrected chi connectivity index (χ0v) is 9.52. The fraction of sp³-hybridized carbons (Fsp3) is 0.500. The highest BCUT2D eigenvalue weighted by Gasteiger charge is 2.26. The number of hydrogen-bond acceptors (Lipinski definition) is 3. The minimum atomic E-state index is 0.0275. The van der Waals surface area contributed by atoms with E-state index in [1.807, 2.05) is 24.0 Å². The third kappa shape index (κ3) is 2.22. The Morgan fingerprint density at radius 3 is 3.06 bits per heavy atom. The van der Waals surface area contributed by atoms with Crippen LogP contribution in [0, 0.1) is 12.8 Å². The highest BCUT2D eigenvalue weighted by Crippen LogP contribution is 2.17. The fourth-order valence-corrected chi connectivity index (χ4v) is 2.03. The van der Waals surface area contributed by atoms with E-state index in [0.717, 1.165) is 25.2 Å². The number of nitrogens with two attached hydrogens (primary N) is 1. The van der Waals surface area contributed by atoms with Crippen molar-refractivity contribution < 1.29 is 4.79 Å². The molecule has 4 heteroatoms. The Morgan fingerprint density at radius 2 is 2.44 bits per heavy atom. The first-order valence-electron chi connectivity index (χ1n) is 5.63. The van der Waals surface area contributed by atoms with Crippen LogP contribution >= 0.6 is 0 Å². The molecule has 1 saturated heterocycles. The second-order valence-corrected chi connectivity index (χ2v) is 4.31. The molecule has 1 aromatic heterocycles. The van der Waals surface area contributed by atoms with Crippen molar-refractivity contribution in [1.82, 2.24) is 9.88 Å². The van der Waals surface area contributed by atoms with Crippen molar-refractivity contribution in [2.75, 3.05) is 19.6 Å². The van der Waals surface area contributed by atoms with E-state index in [-0.39, 0.29) is 5.91 Å². The summed E-state index contributed by atoms with van der Waals surface area (Å²) in [6.45, 7) is 4.12. The number of carbonyl (C=O) groups is 1. The molecule has 0 saturated carbocycles.